The van der Waals surface area contributed by atoms with Crippen molar-refractivity contribution in [3.05, 3.63) is 17.7 Å². The number of aromatic nitrogens is 2. The summed E-state index contributed by atoms with van der Waals surface area (Å²) in [6, 6.07) is 0. The zero-order valence-corrected chi connectivity index (χ0v) is 11.5. The van der Waals surface area contributed by atoms with E-state index in [2.05, 4.69) is 41.6 Å². The molecule has 4 heteroatoms. The molecule has 1 rings (SSSR count). The summed E-state index contributed by atoms with van der Waals surface area (Å²) in [5.41, 5.74) is 7.61. The van der Waals surface area contributed by atoms with Crippen molar-refractivity contribution >= 4 is 5.69 Å². The van der Waals surface area contributed by atoms with E-state index in [4.69, 9.17) is 12.2 Å². The average molecular weight is 246 g/mol. The van der Waals surface area contributed by atoms with Gasteiger partial charge in [0, 0.05) is 19.0 Å². The Labute approximate surface area is 110 Å². The zero-order valence-electron chi connectivity index (χ0n) is 11.5. The first-order valence-corrected chi connectivity index (χ1v) is 6.38. The van der Waals surface area contributed by atoms with Crippen molar-refractivity contribution in [1.82, 2.24) is 9.97 Å². The average Bonchev–Trinajstić information content (AvgIpc) is 2.37. The van der Waals surface area contributed by atoms with E-state index in [1.54, 1.807) is 0 Å². The molecule has 0 saturated carbocycles. The lowest BCUT2D eigenvalue weighted by Crippen LogP contribution is -2.27. The second kappa shape index (κ2) is 6.97. The Morgan fingerprint density at radius 1 is 1.50 bits per heavy atom. The molecule has 0 spiro atoms. The Hall–Kier alpha value is -1.60. The summed E-state index contributed by atoms with van der Waals surface area (Å²) < 4.78 is 0. The summed E-state index contributed by atoms with van der Waals surface area (Å²) in [7, 11) is 0. The van der Waals surface area contributed by atoms with Crippen LogP contribution in [0, 0.1) is 12.3 Å². The highest BCUT2D eigenvalue weighted by Gasteiger charge is 2.13. The maximum Gasteiger partial charge on any atom is 0.131 e. The molecule has 0 fully saturated rings. The molecule has 0 aliphatic carbocycles. The van der Waals surface area contributed by atoms with Crippen molar-refractivity contribution < 1.29 is 0 Å². The minimum Gasteiger partial charge on any atom is -0.358 e. The van der Waals surface area contributed by atoms with Gasteiger partial charge in [-0.3, -0.25) is 0 Å². The minimum atomic E-state index is 0.302. The molecule has 2 N–H and O–H groups in total. The van der Waals surface area contributed by atoms with E-state index in [9.17, 15) is 0 Å². The van der Waals surface area contributed by atoms with E-state index in [1.165, 1.54) is 0 Å². The number of hydrogen-bond donors (Lipinski definition) is 1. The molecule has 1 aromatic heterocycles. The van der Waals surface area contributed by atoms with Crippen LogP contribution in [0.25, 0.3) is 0 Å². The molecule has 98 valence electrons. The Morgan fingerprint density at radius 3 is 2.72 bits per heavy atom. The van der Waals surface area contributed by atoms with Crippen molar-refractivity contribution in [1.29, 1.82) is 0 Å². The molecule has 0 aliphatic rings. The maximum absolute atomic E-state index is 5.78. The van der Waals surface area contributed by atoms with E-state index in [0.717, 1.165) is 30.2 Å². The summed E-state index contributed by atoms with van der Waals surface area (Å²) in [6.07, 6.45) is 8.27. The fraction of sp³-hybridized carbons (Fsp3) is 0.571. The van der Waals surface area contributed by atoms with Gasteiger partial charge in [-0.25, -0.2) is 9.97 Å². The van der Waals surface area contributed by atoms with Crippen LogP contribution < -0.4 is 10.6 Å². The molecule has 0 bridgehead atoms. The van der Waals surface area contributed by atoms with Gasteiger partial charge in [0.1, 0.15) is 5.82 Å². The van der Waals surface area contributed by atoms with Crippen LogP contribution in [0.4, 0.5) is 5.69 Å². The Balaban J connectivity index is 3.10. The maximum atomic E-state index is 5.78. The minimum absolute atomic E-state index is 0.302. The van der Waals surface area contributed by atoms with Crippen molar-refractivity contribution in [2.24, 2.45) is 5.73 Å². The molecule has 18 heavy (non-hydrogen) atoms. The third-order valence-corrected chi connectivity index (χ3v) is 2.69. The van der Waals surface area contributed by atoms with Gasteiger partial charge in [-0.05, 0) is 6.42 Å². The second-order valence-electron chi connectivity index (χ2n) is 4.54. The number of nitrogens with zero attached hydrogens (tertiary/aromatic N) is 3. The molecule has 1 heterocycles. The van der Waals surface area contributed by atoms with Crippen molar-refractivity contribution in [2.45, 2.75) is 39.7 Å². The smallest absolute Gasteiger partial charge is 0.131 e. The second-order valence-corrected chi connectivity index (χ2v) is 4.54. The molecule has 0 unspecified atom stereocenters. The highest BCUT2D eigenvalue weighted by molar-refractivity contribution is 5.50. The van der Waals surface area contributed by atoms with Gasteiger partial charge in [0.25, 0.3) is 0 Å². The molecule has 4 nitrogen and oxygen atoms in total. The predicted octanol–water partition coefficient (Wildman–Crippen LogP) is 1.91. The highest BCUT2D eigenvalue weighted by atomic mass is 15.1. The largest absolute Gasteiger partial charge is 0.358 e. The van der Waals surface area contributed by atoms with E-state index in [0.29, 0.717) is 19.0 Å². The Bertz CT molecular complexity index is 420. The SMILES string of the molecule is C#CCN(CCC)c1cnc(C(C)C)nc1CN. The van der Waals surface area contributed by atoms with Gasteiger partial charge in [0.2, 0.25) is 0 Å². The molecule has 0 atom stereocenters. The summed E-state index contributed by atoms with van der Waals surface area (Å²) in [6.45, 7) is 8.12. The molecular weight excluding hydrogens is 224 g/mol. The Kier molecular flexibility index (Phi) is 5.60. The topological polar surface area (TPSA) is 55.0 Å². The predicted molar refractivity (Wildman–Crippen MR) is 75.3 cm³/mol. The fourth-order valence-electron chi connectivity index (χ4n) is 1.78. The molecule has 0 aliphatic heterocycles. The first kappa shape index (κ1) is 14.5. The number of hydrogen-bond acceptors (Lipinski definition) is 4. The van der Waals surface area contributed by atoms with Gasteiger partial charge in [-0.2, -0.15) is 0 Å². The fourth-order valence-corrected chi connectivity index (χ4v) is 1.78. The first-order chi connectivity index (χ1) is 8.63. The monoisotopic (exact) mass is 246 g/mol. The van der Waals surface area contributed by atoms with Crippen LogP contribution in [0.15, 0.2) is 6.20 Å². The highest BCUT2D eigenvalue weighted by Crippen LogP contribution is 2.20. The molecule has 1 aromatic rings. The summed E-state index contributed by atoms with van der Waals surface area (Å²) in [4.78, 5) is 11.0. The van der Waals surface area contributed by atoms with Crippen LogP contribution in [0.3, 0.4) is 0 Å². The van der Waals surface area contributed by atoms with Crippen molar-refractivity contribution in [2.75, 3.05) is 18.0 Å². The van der Waals surface area contributed by atoms with Gasteiger partial charge >= 0.3 is 0 Å². The van der Waals surface area contributed by atoms with E-state index >= 15 is 0 Å². The van der Waals surface area contributed by atoms with Crippen LogP contribution in [0.1, 0.15) is 44.6 Å². The lowest BCUT2D eigenvalue weighted by Gasteiger charge is -2.23. The van der Waals surface area contributed by atoms with Gasteiger partial charge in [0.05, 0.1) is 24.1 Å². The number of nitrogens with two attached hydrogens (primary N) is 1. The van der Waals surface area contributed by atoms with Crippen molar-refractivity contribution in [3.8, 4) is 12.3 Å². The standard InChI is InChI=1S/C14H22N4/c1-5-7-18(8-6-2)13-10-16-14(11(3)4)17-12(13)9-15/h1,10-11H,6-9,15H2,2-4H3. The molecular formula is C14H22N4. The zero-order chi connectivity index (χ0) is 13.5. The molecule has 0 radical (unpaired) electrons. The third kappa shape index (κ3) is 3.44. The van der Waals surface area contributed by atoms with Crippen LogP contribution >= 0.6 is 0 Å². The van der Waals surface area contributed by atoms with Gasteiger partial charge in [0.15, 0.2) is 0 Å². The first-order valence-electron chi connectivity index (χ1n) is 6.38. The van der Waals surface area contributed by atoms with Gasteiger partial charge in [-0.1, -0.05) is 26.7 Å². The van der Waals surface area contributed by atoms with E-state index < -0.39 is 0 Å². The van der Waals surface area contributed by atoms with Crippen LogP contribution in [0.2, 0.25) is 0 Å². The van der Waals surface area contributed by atoms with Gasteiger partial charge < -0.3 is 10.6 Å². The molecule has 0 amide bonds. The third-order valence-electron chi connectivity index (χ3n) is 2.69. The number of anilines is 1. The van der Waals surface area contributed by atoms with Gasteiger partial charge in [-0.15, -0.1) is 6.42 Å². The van der Waals surface area contributed by atoms with Crippen LogP contribution in [-0.4, -0.2) is 23.1 Å². The van der Waals surface area contributed by atoms with Crippen molar-refractivity contribution in [3.63, 3.8) is 0 Å². The number of terminal acetylenes is 1. The molecule has 0 saturated heterocycles. The lowest BCUT2D eigenvalue weighted by atomic mass is 10.2. The number of rotatable bonds is 6. The molecule has 0 aromatic carbocycles. The van der Waals surface area contributed by atoms with Crippen LogP contribution in [0.5, 0.6) is 0 Å². The Morgan fingerprint density at radius 2 is 2.22 bits per heavy atom. The van der Waals surface area contributed by atoms with Crippen LogP contribution in [-0.2, 0) is 6.54 Å². The summed E-state index contributed by atoms with van der Waals surface area (Å²) in [5.74, 6) is 3.80. The summed E-state index contributed by atoms with van der Waals surface area (Å²) >= 11 is 0. The van der Waals surface area contributed by atoms with E-state index in [-0.39, 0.29) is 0 Å². The normalized spacial score (nSPS) is 10.4. The quantitative estimate of drug-likeness (QED) is 0.779. The summed E-state index contributed by atoms with van der Waals surface area (Å²) in [5, 5.41) is 0. The lowest BCUT2D eigenvalue weighted by molar-refractivity contribution is 0.741. The van der Waals surface area contributed by atoms with E-state index in [1.807, 2.05) is 6.20 Å².